The molecule has 1 saturated heterocycles. The zero-order chi connectivity index (χ0) is 13.3. The van der Waals surface area contributed by atoms with Crippen LogP contribution in [-0.4, -0.2) is 47.5 Å². The topological polar surface area (TPSA) is 62.5 Å². The molecule has 1 aliphatic rings. The molecule has 1 aromatic rings. The average Bonchev–Trinajstić information content (AvgIpc) is 2.32. The van der Waals surface area contributed by atoms with Gasteiger partial charge in [-0.05, 0) is 29.9 Å². The molecule has 1 aromatic heterocycles. The number of aromatic nitrogens is 1. The van der Waals surface area contributed by atoms with Crippen LogP contribution in [0.4, 0.5) is 11.5 Å². The summed E-state index contributed by atoms with van der Waals surface area (Å²) in [6.07, 6.45) is 1.60. The Balaban J connectivity index is 2.30. The summed E-state index contributed by atoms with van der Waals surface area (Å²) in [7, 11) is 2.06. The lowest BCUT2D eigenvalue weighted by Crippen LogP contribution is -2.50. The van der Waals surface area contributed by atoms with Crippen molar-refractivity contribution in [2.24, 2.45) is 0 Å². The predicted octanol–water partition coefficient (Wildman–Crippen LogP) is 1.89. The van der Waals surface area contributed by atoms with Gasteiger partial charge in [0.2, 0.25) is 5.82 Å². The van der Waals surface area contributed by atoms with Gasteiger partial charge in [0, 0.05) is 42.4 Å². The van der Waals surface area contributed by atoms with E-state index in [0.29, 0.717) is 16.3 Å². The van der Waals surface area contributed by atoms with Gasteiger partial charge >= 0.3 is 5.69 Å². The number of nitrogens with zero attached hydrogens (tertiary/aromatic N) is 4. The van der Waals surface area contributed by atoms with Crippen molar-refractivity contribution in [2.75, 3.05) is 31.6 Å². The Bertz CT molecular complexity index is 468. The van der Waals surface area contributed by atoms with Gasteiger partial charge < -0.3 is 9.80 Å². The Labute approximate surface area is 114 Å². The molecule has 1 fully saturated rings. The molecule has 0 aliphatic carbocycles. The monoisotopic (exact) mass is 314 g/mol. The van der Waals surface area contributed by atoms with E-state index in [4.69, 9.17) is 0 Å². The minimum atomic E-state index is -0.379. The molecule has 0 aromatic carbocycles. The van der Waals surface area contributed by atoms with Crippen molar-refractivity contribution in [3.8, 4) is 0 Å². The van der Waals surface area contributed by atoms with Crippen LogP contribution in [0.1, 0.15) is 6.92 Å². The fourth-order valence-electron chi connectivity index (χ4n) is 2.04. The Morgan fingerprint density at radius 1 is 1.56 bits per heavy atom. The summed E-state index contributed by atoms with van der Waals surface area (Å²) in [5.41, 5.74) is 0.0566. The molecular formula is C11H15BrN4O2. The number of rotatable bonds is 2. The van der Waals surface area contributed by atoms with Crippen molar-refractivity contribution < 1.29 is 4.92 Å². The summed E-state index contributed by atoms with van der Waals surface area (Å²) in [4.78, 5) is 19.1. The van der Waals surface area contributed by atoms with Crippen LogP contribution in [0.3, 0.4) is 0 Å². The van der Waals surface area contributed by atoms with Gasteiger partial charge in [-0.2, -0.15) is 0 Å². The van der Waals surface area contributed by atoms with Gasteiger partial charge in [-0.15, -0.1) is 0 Å². The van der Waals surface area contributed by atoms with Crippen LogP contribution in [0.2, 0.25) is 0 Å². The van der Waals surface area contributed by atoms with Crippen LogP contribution in [-0.2, 0) is 0 Å². The first-order valence-corrected chi connectivity index (χ1v) is 6.53. The average molecular weight is 315 g/mol. The third-order valence-electron chi connectivity index (χ3n) is 3.27. The van der Waals surface area contributed by atoms with Gasteiger partial charge in [0.25, 0.3) is 0 Å². The maximum absolute atomic E-state index is 11.1. The third kappa shape index (κ3) is 2.62. The smallest absolute Gasteiger partial charge is 0.312 e. The molecule has 0 bridgehead atoms. The number of piperazine rings is 1. The largest absolute Gasteiger partial charge is 0.348 e. The first kappa shape index (κ1) is 13.2. The highest BCUT2D eigenvalue weighted by molar-refractivity contribution is 9.10. The Hall–Kier alpha value is -1.21. The van der Waals surface area contributed by atoms with Gasteiger partial charge in [-0.3, -0.25) is 10.1 Å². The van der Waals surface area contributed by atoms with E-state index in [1.54, 1.807) is 6.20 Å². The van der Waals surface area contributed by atoms with Crippen LogP contribution in [0, 0.1) is 10.1 Å². The minimum Gasteiger partial charge on any atom is -0.348 e. The number of hydrogen-bond donors (Lipinski definition) is 0. The highest BCUT2D eigenvalue weighted by Gasteiger charge is 2.27. The quantitative estimate of drug-likeness (QED) is 0.616. The van der Waals surface area contributed by atoms with Crippen molar-refractivity contribution in [1.29, 1.82) is 0 Å². The SMILES string of the molecule is CC1CN(c2ncc(Br)cc2[N+](=O)[O-])CCN1C. The maximum Gasteiger partial charge on any atom is 0.312 e. The summed E-state index contributed by atoms with van der Waals surface area (Å²) in [6.45, 7) is 4.51. The lowest BCUT2D eigenvalue weighted by Gasteiger charge is -2.37. The van der Waals surface area contributed by atoms with Crippen molar-refractivity contribution >= 4 is 27.4 Å². The molecule has 1 aliphatic heterocycles. The third-order valence-corrected chi connectivity index (χ3v) is 3.70. The molecule has 0 saturated carbocycles. The molecule has 0 amide bonds. The van der Waals surface area contributed by atoms with E-state index in [1.807, 2.05) is 4.90 Å². The van der Waals surface area contributed by atoms with Crippen LogP contribution in [0.15, 0.2) is 16.7 Å². The van der Waals surface area contributed by atoms with Crippen LogP contribution in [0.25, 0.3) is 0 Å². The highest BCUT2D eigenvalue weighted by atomic mass is 79.9. The molecule has 18 heavy (non-hydrogen) atoms. The number of anilines is 1. The first-order chi connectivity index (χ1) is 8.49. The Morgan fingerprint density at radius 3 is 2.89 bits per heavy atom. The molecule has 2 heterocycles. The lowest BCUT2D eigenvalue weighted by molar-refractivity contribution is -0.384. The summed E-state index contributed by atoms with van der Waals surface area (Å²) in [6, 6.07) is 1.87. The Morgan fingerprint density at radius 2 is 2.28 bits per heavy atom. The standard InChI is InChI=1S/C11H15BrN4O2/c1-8-7-15(4-3-14(8)2)11-10(16(17)18)5-9(12)6-13-11/h5-6,8H,3-4,7H2,1-2H3. The van der Waals surface area contributed by atoms with E-state index in [1.165, 1.54) is 6.07 Å². The van der Waals surface area contributed by atoms with Gasteiger partial charge in [0.15, 0.2) is 0 Å². The molecule has 0 spiro atoms. The minimum absolute atomic E-state index is 0.0566. The predicted molar refractivity (Wildman–Crippen MR) is 72.9 cm³/mol. The number of halogens is 1. The van der Waals surface area contributed by atoms with E-state index < -0.39 is 0 Å². The van der Waals surface area contributed by atoms with E-state index in [-0.39, 0.29) is 10.6 Å². The molecule has 6 nitrogen and oxygen atoms in total. The van der Waals surface area contributed by atoms with Gasteiger partial charge in [0.1, 0.15) is 0 Å². The number of likely N-dealkylation sites (N-methyl/N-ethyl adjacent to an activating group) is 1. The molecule has 1 unspecified atom stereocenters. The van der Waals surface area contributed by atoms with Crippen LogP contribution in [0.5, 0.6) is 0 Å². The fourth-order valence-corrected chi connectivity index (χ4v) is 2.36. The zero-order valence-corrected chi connectivity index (χ0v) is 11.9. The highest BCUT2D eigenvalue weighted by Crippen LogP contribution is 2.29. The normalized spacial score (nSPS) is 21.1. The maximum atomic E-state index is 11.1. The lowest BCUT2D eigenvalue weighted by atomic mass is 10.2. The van der Waals surface area contributed by atoms with E-state index in [0.717, 1.165) is 19.6 Å². The van der Waals surface area contributed by atoms with Gasteiger partial charge in [0.05, 0.1) is 4.92 Å². The van der Waals surface area contributed by atoms with Gasteiger partial charge in [-0.25, -0.2) is 4.98 Å². The molecule has 7 heteroatoms. The fraction of sp³-hybridized carbons (Fsp3) is 0.545. The number of pyridine rings is 1. The summed E-state index contributed by atoms with van der Waals surface area (Å²) in [5.74, 6) is 0.461. The molecular weight excluding hydrogens is 300 g/mol. The molecule has 98 valence electrons. The summed E-state index contributed by atoms with van der Waals surface area (Å²) in [5, 5.41) is 11.1. The summed E-state index contributed by atoms with van der Waals surface area (Å²) < 4.78 is 0.625. The second-order valence-corrected chi connectivity index (χ2v) is 5.44. The zero-order valence-electron chi connectivity index (χ0n) is 10.3. The van der Waals surface area contributed by atoms with Crippen molar-refractivity contribution in [3.63, 3.8) is 0 Å². The van der Waals surface area contributed by atoms with E-state index >= 15 is 0 Å². The van der Waals surface area contributed by atoms with E-state index in [9.17, 15) is 10.1 Å². The van der Waals surface area contributed by atoms with Crippen molar-refractivity contribution in [1.82, 2.24) is 9.88 Å². The van der Waals surface area contributed by atoms with Crippen molar-refractivity contribution in [3.05, 3.63) is 26.9 Å². The molecule has 1 atom stereocenters. The molecule has 0 N–H and O–H groups in total. The molecule has 0 radical (unpaired) electrons. The van der Waals surface area contributed by atoms with Gasteiger partial charge in [-0.1, -0.05) is 0 Å². The summed E-state index contributed by atoms with van der Waals surface area (Å²) >= 11 is 3.22. The van der Waals surface area contributed by atoms with Crippen LogP contribution < -0.4 is 4.90 Å². The second-order valence-electron chi connectivity index (χ2n) is 4.53. The molecule has 2 rings (SSSR count). The van der Waals surface area contributed by atoms with E-state index in [2.05, 4.69) is 39.8 Å². The van der Waals surface area contributed by atoms with Crippen LogP contribution >= 0.6 is 15.9 Å². The number of hydrogen-bond acceptors (Lipinski definition) is 5. The van der Waals surface area contributed by atoms with Crippen molar-refractivity contribution in [2.45, 2.75) is 13.0 Å². The number of nitro groups is 1. The Kier molecular flexibility index (Phi) is 3.82. The second kappa shape index (κ2) is 5.19. The first-order valence-electron chi connectivity index (χ1n) is 5.74.